The first-order valence-corrected chi connectivity index (χ1v) is 5.31. The second-order valence-electron chi connectivity index (χ2n) is 4.50. The van der Waals surface area contributed by atoms with Crippen LogP contribution in [0.1, 0.15) is 34.6 Å². The van der Waals surface area contributed by atoms with E-state index in [0.29, 0.717) is 12.5 Å². The number of amides is 1. The molecule has 0 fully saturated rings. The molecular formula is C11H23NO2. The minimum atomic E-state index is 0.0440. The Morgan fingerprint density at radius 1 is 1.14 bits per heavy atom. The maximum absolute atomic E-state index is 11.3. The zero-order valence-corrected chi connectivity index (χ0v) is 9.96. The van der Waals surface area contributed by atoms with Gasteiger partial charge in [-0.3, -0.25) is 4.79 Å². The molecular weight excluding hydrogens is 178 g/mol. The Morgan fingerprint density at radius 3 is 2.14 bits per heavy atom. The van der Waals surface area contributed by atoms with Gasteiger partial charge < -0.3 is 10.1 Å². The third-order valence-corrected chi connectivity index (χ3v) is 1.73. The van der Waals surface area contributed by atoms with E-state index in [4.69, 9.17) is 4.74 Å². The van der Waals surface area contributed by atoms with Crippen molar-refractivity contribution in [1.82, 2.24) is 5.32 Å². The number of carbonyl (C=O) groups is 1. The Hall–Kier alpha value is -0.570. The summed E-state index contributed by atoms with van der Waals surface area (Å²) in [6, 6.07) is 0.101. The number of hydrogen-bond donors (Lipinski definition) is 1. The molecule has 0 radical (unpaired) electrons. The van der Waals surface area contributed by atoms with Gasteiger partial charge in [-0.25, -0.2) is 0 Å². The summed E-state index contributed by atoms with van der Waals surface area (Å²) in [5.41, 5.74) is 0. The van der Waals surface area contributed by atoms with E-state index in [0.717, 1.165) is 6.61 Å². The predicted molar refractivity (Wildman–Crippen MR) is 58.1 cm³/mol. The van der Waals surface area contributed by atoms with Crippen molar-refractivity contribution in [3.05, 3.63) is 0 Å². The lowest BCUT2D eigenvalue weighted by Crippen LogP contribution is -2.38. The first-order valence-electron chi connectivity index (χ1n) is 5.31. The molecule has 0 aliphatic heterocycles. The smallest absolute Gasteiger partial charge is 0.222 e. The van der Waals surface area contributed by atoms with Gasteiger partial charge in [0.2, 0.25) is 5.91 Å². The van der Waals surface area contributed by atoms with E-state index in [9.17, 15) is 4.79 Å². The Bertz CT molecular complexity index is 167. The molecule has 0 heterocycles. The minimum Gasteiger partial charge on any atom is -0.379 e. The van der Waals surface area contributed by atoms with Gasteiger partial charge in [0, 0.05) is 18.6 Å². The van der Waals surface area contributed by atoms with Gasteiger partial charge in [0.1, 0.15) is 0 Å². The fourth-order valence-electron chi connectivity index (χ4n) is 0.932. The molecule has 0 aromatic rings. The van der Waals surface area contributed by atoms with Crippen LogP contribution in [0.4, 0.5) is 0 Å². The number of nitrogens with one attached hydrogen (secondary N) is 1. The quantitative estimate of drug-likeness (QED) is 0.712. The highest BCUT2D eigenvalue weighted by Crippen LogP contribution is 1.96. The van der Waals surface area contributed by atoms with Crippen molar-refractivity contribution >= 4 is 5.91 Å². The normalized spacial score (nSPS) is 13.4. The second kappa shape index (κ2) is 6.82. The largest absolute Gasteiger partial charge is 0.379 e. The average Bonchev–Trinajstić information content (AvgIpc) is 2.02. The molecule has 84 valence electrons. The molecule has 1 amide bonds. The van der Waals surface area contributed by atoms with Crippen molar-refractivity contribution in [2.75, 3.05) is 13.2 Å². The molecule has 0 rings (SSSR count). The highest BCUT2D eigenvalue weighted by atomic mass is 16.5. The fourth-order valence-corrected chi connectivity index (χ4v) is 0.932. The number of hydrogen-bond acceptors (Lipinski definition) is 2. The molecule has 0 bridgehead atoms. The second-order valence-corrected chi connectivity index (χ2v) is 4.50. The highest BCUT2D eigenvalue weighted by molar-refractivity contribution is 5.78. The molecule has 0 aromatic carbocycles. The molecule has 0 spiro atoms. The van der Waals surface area contributed by atoms with Gasteiger partial charge in [0.25, 0.3) is 0 Å². The molecule has 0 aromatic heterocycles. The molecule has 1 atom stereocenters. The van der Waals surface area contributed by atoms with Crippen molar-refractivity contribution in [1.29, 1.82) is 0 Å². The number of ether oxygens (including phenoxy) is 1. The molecule has 3 nitrogen and oxygen atoms in total. The lowest BCUT2D eigenvalue weighted by Gasteiger charge is -2.16. The number of rotatable bonds is 6. The van der Waals surface area contributed by atoms with Crippen LogP contribution in [-0.4, -0.2) is 25.2 Å². The van der Waals surface area contributed by atoms with Crippen LogP contribution < -0.4 is 5.32 Å². The zero-order chi connectivity index (χ0) is 11.1. The molecule has 0 aliphatic carbocycles. The van der Waals surface area contributed by atoms with E-state index in [1.165, 1.54) is 0 Å². The van der Waals surface area contributed by atoms with Crippen LogP contribution in [0.2, 0.25) is 0 Å². The fraction of sp³-hybridized carbons (Fsp3) is 0.909. The number of carbonyl (C=O) groups excluding carboxylic acids is 1. The van der Waals surface area contributed by atoms with Crippen LogP contribution in [0.5, 0.6) is 0 Å². The van der Waals surface area contributed by atoms with Gasteiger partial charge in [-0.05, 0) is 12.8 Å². The Morgan fingerprint density at radius 2 is 1.71 bits per heavy atom. The molecule has 14 heavy (non-hydrogen) atoms. The van der Waals surface area contributed by atoms with Crippen LogP contribution in [0.15, 0.2) is 0 Å². The third kappa shape index (κ3) is 6.89. The molecule has 0 saturated carbocycles. The summed E-state index contributed by atoms with van der Waals surface area (Å²) in [6.07, 6.45) is 0. The maximum Gasteiger partial charge on any atom is 0.222 e. The van der Waals surface area contributed by atoms with Gasteiger partial charge in [-0.15, -0.1) is 0 Å². The first kappa shape index (κ1) is 13.4. The standard InChI is InChI=1S/C11H23NO2/c1-8(2)6-14-7-10(5)12-11(13)9(3)4/h8-10H,6-7H2,1-5H3,(H,12,13)/t10-/m0/s1. The lowest BCUT2D eigenvalue weighted by molar-refractivity contribution is -0.125. The van der Waals surface area contributed by atoms with Crippen molar-refractivity contribution < 1.29 is 9.53 Å². The summed E-state index contributed by atoms with van der Waals surface area (Å²) in [4.78, 5) is 11.3. The summed E-state index contributed by atoms with van der Waals surface area (Å²) < 4.78 is 5.42. The van der Waals surface area contributed by atoms with Gasteiger partial charge in [-0.1, -0.05) is 27.7 Å². The SMILES string of the molecule is CC(C)COC[C@H](C)NC(=O)C(C)C. The van der Waals surface area contributed by atoms with E-state index in [2.05, 4.69) is 19.2 Å². The molecule has 0 saturated heterocycles. The third-order valence-electron chi connectivity index (χ3n) is 1.73. The lowest BCUT2D eigenvalue weighted by atomic mass is 10.2. The maximum atomic E-state index is 11.3. The van der Waals surface area contributed by atoms with Crippen molar-refractivity contribution in [2.24, 2.45) is 11.8 Å². The summed E-state index contributed by atoms with van der Waals surface area (Å²) >= 11 is 0. The van der Waals surface area contributed by atoms with Gasteiger partial charge in [-0.2, -0.15) is 0 Å². The molecule has 0 aliphatic rings. The van der Waals surface area contributed by atoms with E-state index in [1.807, 2.05) is 20.8 Å². The summed E-state index contributed by atoms with van der Waals surface area (Å²) in [5, 5.41) is 2.89. The molecule has 1 N–H and O–H groups in total. The van der Waals surface area contributed by atoms with Crippen molar-refractivity contribution in [2.45, 2.75) is 40.7 Å². The highest BCUT2D eigenvalue weighted by Gasteiger charge is 2.10. The average molecular weight is 201 g/mol. The van der Waals surface area contributed by atoms with Gasteiger partial charge >= 0.3 is 0 Å². The van der Waals surface area contributed by atoms with Crippen LogP contribution >= 0.6 is 0 Å². The van der Waals surface area contributed by atoms with Crippen LogP contribution in [0.25, 0.3) is 0 Å². The van der Waals surface area contributed by atoms with E-state index in [-0.39, 0.29) is 17.9 Å². The topological polar surface area (TPSA) is 38.3 Å². The minimum absolute atomic E-state index is 0.0440. The molecule has 3 heteroatoms. The summed E-state index contributed by atoms with van der Waals surface area (Å²) in [7, 11) is 0. The Labute approximate surface area is 87.2 Å². The van der Waals surface area contributed by atoms with Gasteiger partial charge in [0.15, 0.2) is 0 Å². The zero-order valence-electron chi connectivity index (χ0n) is 9.96. The van der Waals surface area contributed by atoms with E-state index >= 15 is 0 Å². The van der Waals surface area contributed by atoms with E-state index < -0.39 is 0 Å². The van der Waals surface area contributed by atoms with Crippen LogP contribution in [0, 0.1) is 11.8 Å². The monoisotopic (exact) mass is 201 g/mol. The van der Waals surface area contributed by atoms with Crippen LogP contribution in [-0.2, 0) is 9.53 Å². The van der Waals surface area contributed by atoms with Crippen molar-refractivity contribution in [3.8, 4) is 0 Å². The first-order chi connectivity index (χ1) is 6.43. The molecule has 0 unspecified atom stereocenters. The van der Waals surface area contributed by atoms with Crippen LogP contribution in [0.3, 0.4) is 0 Å². The summed E-state index contributed by atoms with van der Waals surface area (Å²) in [5.74, 6) is 0.677. The Balaban J connectivity index is 3.55. The van der Waals surface area contributed by atoms with E-state index in [1.54, 1.807) is 0 Å². The predicted octanol–water partition coefficient (Wildman–Crippen LogP) is 1.82. The van der Waals surface area contributed by atoms with Gasteiger partial charge in [0.05, 0.1) is 6.61 Å². The van der Waals surface area contributed by atoms with Crippen molar-refractivity contribution in [3.63, 3.8) is 0 Å². The summed E-state index contributed by atoms with van der Waals surface area (Å²) in [6.45, 7) is 11.3. The Kier molecular flexibility index (Phi) is 6.54.